The molecule has 0 bridgehead atoms. The van der Waals surface area contributed by atoms with Gasteiger partial charge in [0.1, 0.15) is 5.69 Å². The van der Waals surface area contributed by atoms with E-state index in [0.717, 1.165) is 0 Å². The van der Waals surface area contributed by atoms with Crippen LogP contribution in [0.1, 0.15) is 17.4 Å². The molecule has 2 rings (SSSR count). The molecule has 1 amide bonds. The molecule has 0 radical (unpaired) electrons. The minimum absolute atomic E-state index is 0.0178. The number of sulfone groups is 1. The van der Waals surface area contributed by atoms with Crippen LogP contribution in [0.4, 0.5) is 5.69 Å². The molecule has 1 aromatic carbocycles. The number of aromatic amines is 1. The van der Waals surface area contributed by atoms with Crippen molar-refractivity contribution in [2.24, 2.45) is 0 Å². The summed E-state index contributed by atoms with van der Waals surface area (Å²) in [6, 6.07) is 10.1. The SMILES string of the molecule is CCS(=O)(=O)c1ccc(NC(=O)c2cccc(=O)[nH]2)cc1. The molecule has 1 heterocycles. The molecule has 0 saturated heterocycles. The highest BCUT2D eigenvalue weighted by Crippen LogP contribution is 2.15. The van der Waals surface area contributed by atoms with E-state index in [9.17, 15) is 18.0 Å². The number of pyridine rings is 1. The van der Waals surface area contributed by atoms with Crippen LogP contribution in [0, 0.1) is 0 Å². The zero-order valence-corrected chi connectivity index (χ0v) is 12.1. The number of carbonyl (C=O) groups excluding carboxylic acids is 1. The Kier molecular flexibility index (Phi) is 4.23. The number of carbonyl (C=O) groups is 1. The predicted octanol–water partition coefficient (Wildman–Crippen LogP) is 1.42. The lowest BCUT2D eigenvalue weighted by Gasteiger charge is -2.06. The van der Waals surface area contributed by atoms with E-state index in [0.29, 0.717) is 5.69 Å². The largest absolute Gasteiger partial charge is 0.321 e. The molecule has 0 aliphatic heterocycles. The molecule has 2 N–H and O–H groups in total. The van der Waals surface area contributed by atoms with E-state index in [4.69, 9.17) is 0 Å². The Hall–Kier alpha value is -2.41. The van der Waals surface area contributed by atoms with Gasteiger partial charge in [0.25, 0.3) is 5.91 Å². The summed E-state index contributed by atoms with van der Waals surface area (Å²) >= 11 is 0. The second-order valence-corrected chi connectivity index (χ2v) is 6.59. The van der Waals surface area contributed by atoms with Crippen LogP contribution in [0.2, 0.25) is 0 Å². The molecular weight excluding hydrogens is 292 g/mol. The molecule has 110 valence electrons. The third-order valence-electron chi connectivity index (χ3n) is 2.86. The van der Waals surface area contributed by atoms with E-state index in [1.54, 1.807) is 6.92 Å². The fourth-order valence-corrected chi connectivity index (χ4v) is 2.58. The smallest absolute Gasteiger partial charge is 0.272 e. The highest BCUT2D eigenvalue weighted by Gasteiger charge is 2.12. The summed E-state index contributed by atoms with van der Waals surface area (Å²) in [6.45, 7) is 1.57. The lowest BCUT2D eigenvalue weighted by Crippen LogP contribution is -2.17. The highest BCUT2D eigenvalue weighted by molar-refractivity contribution is 7.91. The molecule has 6 nitrogen and oxygen atoms in total. The molecule has 0 aliphatic carbocycles. The van der Waals surface area contributed by atoms with Gasteiger partial charge in [0.15, 0.2) is 9.84 Å². The molecule has 0 unspecified atom stereocenters. The van der Waals surface area contributed by atoms with Crippen molar-refractivity contribution in [3.05, 3.63) is 58.5 Å². The first-order chi connectivity index (χ1) is 9.92. The minimum Gasteiger partial charge on any atom is -0.321 e. The van der Waals surface area contributed by atoms with Crippen molar-refractivity contribution in [2.45, 2.75) is 11.8 Å². The van der Waals surface area contributed by atoms with Crippen LogP contribution in [-0.4, -0.2) is 25.1 Å². The van der Waals surface area contributed by atoms with Gasteiger partial charge in [-0.3, -0.25) is 9.59 Å². The zero-order chi connectivity index (χ0) is 15.5. The Morgan fingerprint density at radius 3 is 2.38 bits per heavy atom. The number of hydrogen-bond acceptors (Lipinski definition) is 4. The van der Waals surface area contributed by atoms with E-state index in [2.05, 4.69) is 10.3 Å². The third kappa shape index (κ3) is 3.57. The molecule has 1 aromatic heterocycles. The number of H-pyrrole nitrogens is 1. The molecular formula is C14H14N2O4S. The van der Waals surface area contributed by atoms with Gasteiger partial charge in [-0.05, 0) is 30.3 Å². The zero-order valence-electron chi connectivity index (χ0n) is 11.3. The van der Waals surface area contributed by atoms with Crippen LogP contribution in [0.3, 0.4) is 0 Å². The maximum Gasteiger partial charge on any atom is 0.272 e. The fraction of sp³-hybridized carbons (Fsp3) is 0.143. The van der Waals surface area contributed by atoms with E-state index >= 15 is 0 Å². The van der Waals surface area contributed by atoms with Crippen LogP contribution < -0.4 is 10.9 Å². The van der Waals surface area contributed by atoms with Gasteiger partial charge in [-0.15, -0.1) is 0 Å². The summed E-state index contributed by atoms with van der Waals surface area (Å²) < 4.78 is 23.3. The second-order valence-electron chi connectivity index (χ2n) is 4.31. The summed E-state index contributed by atoms with van der Waals surface area (Å²) in [5.41, 5.74) is 0.208. The lowest BCUT2D eigenvalue weighted by molar-refractivity contribution is 0.102. The van der Waals surface area contributed by atoms with Gasteiger partial charge >= 0.3 is 0 Å². The van der Waals surface area contributed by atoms with Gasteiger partial charge in [0.2, 0.25) is 5.56 Å². The molecule has 0 saturated carbocycles. The first-order valence-electron chi connectivity index (χ1n) is 6.26. The summed E-state index contributed by atoms with van der Waals surface area (Å²) in [5.74, 6) is -0.456. The first-order valence-corrected chi connectivity index (χ1v) is 7.91. The number of anilines is 1. The second kappa shape index (κ2) is 5.92. The Balaban J connectivity index is 2.18. The summed E-state index contributed by atoms with van der Waals surface area (Å²) in [5, 5.41) is 2.58. The number of benzene rings is 1. The number of aromatic nitrogens is 1. The maximum atomic E-state index is 11.9. The van der Waals surface area contributed by atoms with Gasteiger partial charge in [-0.2, -0.15) is 0 Å². The Bertz CT molecular complexity index is 807. The number of nitrogens with one attached hydrogen (secondary N) is 2. The predicted molar refractivity (Wildman–Crippen MR) is 79.2 cm³/mol. The van der Waals surface area contributed by atoms with Gasteiger partial charge in [0, 0.05) is 11.8 Å². The van der Waals surface area contributed by atoms with Crippen molar-refractivity contribution in [3.63, 3.8) is 0 Å². The van der Waals surface area contributed by atoms with Crippen molar-refractivity contribution in [2.75, 3.05) is 11.1 Å². The molecule has 2 aromatic rings. The van der Waals surface area contributed by atoms with Crippen LogP contribution in [0.5, 0.6) is 0 Å². The monoisotopic (exact) mass is 306 g/mol. The lowest BCUT2D eigenvalue weighted by atomic mass is 10.3. The van der Waals surface area contributed by atoms with Crippen molar-refractivity contribution in [3.8, 4) is 0 Å². The van der Waals surface area contributed by atoms with Gasteiger partial charge < -0.3 is 10.3 Å². The van der Waals surface area contributed by atoms with Crippen molar-refractivity contribution in [1.29, 1.82) is 0 Å². The number of rotatable bonds is 4. The molecule has 7 heteroatoms. The van der Waals surface area contributed by atoms with E-state index in [1.807, 2.05) is 0 Å². The van der Waals surface area contributed by atoms with Crippen LogP contribution in [-0.2, 0) is 9.84 Å². The quantitative estimate of drug-likeness (QED) is 0.893. The van der Waals surface area contributed by atoms with Gasteiger partial charge in [-0.25, -0.2) is 8.42 Å². The Morgan fingerprint density at radius 2 is 1.81 bits per heavy atom. The first kappa shape index (κ1) is 15.0. The molecule has 0 atom stereocenters. The van der Waals surface area contributed by atoms with Crippen LogP contribution in [0.25, 0.3) is 0 Å². The standard InChI is InChI=1S/C14H14N2O4S/c1-2-21(19,20)11-8-6-10(7-9-11)15-14(18)12-4-3-5-13(17)16-12/h3-9H,2H2,1H3,(H,15,18)(H,16,17). The minimum atomic E-state index is -3.26. The van der Waals surface area contributed by atoms with Crippen molar-refractivity contribution in [1.82, 2.24) is 4.98 Å². The normalized spacial score (nSPS) is 11.1. The van der Waals surface area contributed by atoms with Crippen LogP contribution >= 0.6 is 0 Å². The highest BCUT2D eigenvalue weighted by atomic mass is 32.2. The van der Waals surface area contributed by atoms with E-state index in [1.165, 1.54) is 42.5 Å². The topological polar surface area (TPSA) is 96.1 Å². The summed E-state index contributed by atoms with van der Waals surface area (Å²) in [7, 11) is -3.26. The molecule has 0 fully saturated rings. The molecule has 0 aliphatic rings. The van der Waals surface area contributed by atoms with E-state index < -0.39 is 15.7 Å². The average Bonchev–Trinajstić information content (AvgIpc) is 2.48. The third-order valence-corrected chi connectivity index (χ3v) is 4.61. The van der Waals surface area contributed by atoms with Gasteiger partial charge in [-0.1, -0.05) is 13.0 Å². The van der Waals surface area contributed by atoms with Crippen molar-refractivity contribution < 1.29 is 13.2 Å². The van der Waals surface area contributed by atoms with E-state index in [-0.39, 0.29) is 21.9 Å². The van der Waals surface area contributed by atoms with Crippen molar-refractivity contribution >= 4 is 21.4 Å². The molecule has 21 heavy (non-hydrogen) atoms. The maximum absolute atomic E-state index is 11.9. The number of amides is 1. The summed E-state index contributed by atoms with van der Waals surface area (Å²) in [4.78, 5) is 25.7. The fourth-order valence-electron chi connectivity index (χ4n) is 1.69. The Labute approximate surface area is 121 Å². The number of hydrogen-bond donors (Lipinski definition) is 2. The average molecular weight is 306 g/mol. The Morgan fingerprint density at radius 1 is 1.14 bits per heavy atom. The molecule has 0 spiro atoms. The van der Waals surface area contributed by atoms with Crippen LogP contribution in [0.15, 0.2) is 52.2 Å². The van der Waals surface area contributed by atoms with Gasteiger partial charge in [0.05, 0.1) is 10.6 Å². The summed E-state index contributed by atoms with van der Waals surface area (Å²) in [6.07, 6.45) is 0.